The largest absolute Gasteiger partial charge is 0.483 e. The molecule has 1 atom stereocenters. The molecule has 0 bridgehead atoms. The third kappa shape index (κ3) is 4.25. The molecule has 2 heterocycles. The number of aliphatic carboxylic acids is 1. The van der Waals surface area contributed by atoms with Crippen LogP contribution in [0, 0.1) is 6.92 Å². The Balaban J connectivity index is 1.69. The van der Waals surface area contributed by atoms with Gasteiger partial charge in [-0.2, -0.15) is 0 Å². The molecule has 1 saturated heterocycles. The van der Waals surface area contributed by atoms with Crippen LogP contribution in [0.1, 0.15) is 18.4 Å². The molecule has 0 radical (unpaired) electrons. The SMILES string of the molecule is Cc1cc(-c2cc(=O)c3cccc(Cl)c3o2)c(OCC(=O)N2CCCC2C(=O)O)cc1Br. The number of rotatable bonds is 5. The molecular formula is C23H19BrClNO6. The topological polar surface area (TPSA) is 97.0 Å². The van der Waals surface area contributed by atoms with Crippen LogP contribution in [-0.2, 0) is 9.59 Å². The molecule has 0 aliphatic carbocycles. The van der Waals surface area contributed by atoms with Crippen LogP contribution < -0.4 is 10.2 Å². The molecule has 9 heteroatoms. The lowest BCUT2D eigenvalue weighted by atomic mass is 10.1. The third-order valence-corrected chi connectivity index (χ3v) is 6.59. The first-order valence-corrected chi connectivity index (χ1v) is 11.1. The van der Waals surface area contributed by atoms with E-state index < -0.39 is 17.9 Å². The summed E-state index contributed by atoms with van der Waals surface area (Å²) in [7, 11) is 0. The van der Waals surface area contributed by atoms with Gasteiger partial charge in [0.25, 0.3) is 5.91 Å². The van der Waals surface area contributed by atoms with E-state index >= 15 is 0 Å². The van der Waals surface area contributed by atoms with E-state index in [0.717, 1.165) is 10.0 Å². The molecule has 1 fully saturated rings. The second-order valence-electron chi connectivity index (χ2n) is 7.56. The first kappa shape index (κ1) is 22.4. The van der Waals surface area contributed by atoms with Gasteiger partial charge in [-0.25, -0.2) is 4.79 Å². The fraction of sp³-hybridized carbons (Fsp3) is 0.261. The van der Waals surface area contributed by atoms with Crippen molar-refractivity contribution in [1.82, 2.24) is 4.90 Å². The molecule has 1 aliphatic rings. The second kappa shape index (κ2) is 8.96. The standard InChI is InChI=1S/C23H19BrClNO6/c1-12-8-14(20-10-18(27)13-4-2-5-16(25)22(13)32-20)19(9-15(12)24)31-11-21(28)26-7-3-6-17(26)23(29)30/h2,4-5,8-10,17H,3,6-7,11H2,1H3,(H,29,30). The van der Waals surface area contributed by atoms with Gasteiger partial charge in [-0.1, -0.05) is 33.6 Å². The maximum absolute atomic E-state index is 12.6. The second-order valence-corrected chi connectivity index (χ2v) is 8.82. The van der Waals surface area contributed by atoms with E-state index in [1.807, 2.05) is 6.92 Å². The Kier molecular flexibility index (Phi) is 6.26. The number of carboxylic acid groups (broad SMARTS) is 1. The number of halogens is 2. The summed E-state index contributed by atoms with van der Waals surface area (Å²) in [6.07, 6.45) is 1.05. The van der Waals surface area contributed by atoms with E-state index in [9.17, 15) is 19.5 Å². The summed E-state index contributed by atoms with van der Waals surface area (Å²) in [5.41, 5.74) is 1.35. The Morgan fingerprint density at radius 2 is 2.09 bits per heavy atom. The van der Waals surface area contributed by atoms with Crippen LogP contribution in [0.25, 0.3) is 22.3 Å². The Morgan fingerprint density at radius 3 is 2.84 bits per heavy atom. The molecule has 2 aromatic carbocycles. The molecule has 166 valence electrons. The third-order valence-electron chi connectivity index (χ3n) is 5.44. The van der Waals surface area contributed by atoms with Crippen molar-refractivity contribution in [2.45, 2.75) is 25.8 Å². The summed E-state index contributed by atoms with van der Waals surface area (Å²) < 4.78 is 12.5. The van der Waals surface area contributed by atoms with Crippen molar-refractivity contribution < 1.29 is 23.8 Å². The van der Waals surface area contributed by atoms with E-state index in [2.05, 4.69) is 15.9 Å². The molecule has 1 aliphatic heterocycles. The van der Waals surface area contributed by atoms with E-state index in [1.54, 1.807) is 30.3 Å². The van der Waals surface area contributed by atoms with Crippen LogP contribution >= 0.6 is 27.5 Å². The van der Waals surface area contributed by atoms with E-state index in [4.69, 9.17) is 20.8 Å². The highest BCUT2D eigenvalue weighted by Crippen LogP contribution is 2.36. The fourth-order valence-electron chi connectivity index (χ4n) is 3.80. The van der Waals surface area contributed by atoms with Gasteiger partial charge in [0, 0.05) is 17.1 Å². The zero-order valence-corrected chi connectivity index (χ0v) is 19.4. The van der Waals surface area contributed by atoms with Crippen LogP contribution in [0.15, 0.2) is 50.1 Å². The minimum Gasteiger partial charge on any atom is -0.483 e. The molecule has 1 unspecified atom stereocenters. The van der Waals surface area contributed by atoms with Gasteiger partial charge >= 0.3 is 5.97 Å². The van der Waals surface area contributed by atoms with Crippen molar-refractivity contribution in [2.75, 3.05) is 13.2 Å². The number of ether oxygens (including phenoxy) is 1. The number of benzene rings is 2. The summed E-state index contributed by atoms with van der Waals surface area (Å²) in [6, 6.07) is 8.93. The Labute approximate surface area is 196 Å². The number of aryl methyl sites for hydroxylation is 1. The van der Waals surface area contributed by atoms with Crippen molar-refractivity contribution >= 4 is 50.4 Å². The number of likely N-dealkylation sites (tertiary alicyclic amines) is 1. The van der Waals surface area contributed by atoms with Gasteiger partial charge in [0.1, 0.15) is 17.6 Å². The first-order chi connectivity index (χ1) is 15.3. The summed E-state index contributed by atoms with van der Waals surface area (Å²) in [5, 5.41) is 9.99. The van der Waals surface area contributed by atoms with Crippen molar-refractivity contribution in [2.24, 2.45) is 0 Å². The number of carbonyl (C=O) groups excluding carboxylic acids is 1. The van der Waals surface area contributed by atoms with Gasteiger partial charge in [-0.05, 0) is 49.6 Å². The van der Waals surface area contributed by atoms with Crippen molar-refractivity contribution in [3.05, 3.63) is 61.7 Å². The van der Waals surface area contributed by atoms with Gasteiger partial charge < -0.3 is 19.2 Å². The van der Waals surface area contributed by atoms with E-state index in [-0.39, 0.29) is 23.4 Å². The zero-order chi connectivity index (χ0) is 23.0. The van der Waals surface area contributed by atoms with Gasteiger partial charge in [0.2, 0.25) is 0 Å². The normalized spacial score (nSPS) is 15.8. The van der Waals surface area contributed by atoms with E-state index in [0.29, 0.717) is 41.1 Å². The van der Waals surface area contributed by atoms with Gasteiger partial charge in [-0.3, -0.25) is 9.59 Å². The van der Waals surface area contributed by atoms with E-state index in [1.165, 1.54) is 11.0 Å². The van der Waals surface area contributed by atoms with Gasteiger partial charge in [0.05, 0.1) is 16.0 Å². The van der Waals surface area contributed by atoms with Gasteiger partial charge in [0.15, 0.2) is 17.6 Å². The van der Waals surface area contributed by atoms with Crippen molar-refractivity contribution in [3.63, 3.8) is 0 Å². The summed E-state index contributed by atoms with van der Waals surface area (Å²) in [4.78, 5) is 38.0. The molecule has 1 N–H and O–H groups in total. The number of hydrogen-bond donors (Lipinski definition) is 1. The quantitative estimate of drug-likeness (QED) is 0.526. The number of carboxylic acids is 1. The van der Waals surface area contributed by atoms with Crippen LogP contribution in [0.3, 0.4) is 0 Å². The van der Waals surface area contributed by atoms with Gasteiger partial charge in [-0.15, -0.1) is 0 Å². The molecule has 3 aromatic rings. The highest BCUT2D eigenvalue weighted by atomic mass is 79.9. The fourth-order valence-corrected chi connectivity index (χ4v) is 4.33. The molecule has 32 heavy (non-hydrogen) atoms. The Bertz CT molecular complexity index is 1290. The average molecular weight is 521 g/mol. The molecule has 1 amide bonds. The highest BCUT2D eigenvalue weighted by molar-refractivity contribution is 9.10. The summed E-state index contributed by atoms with van der Waals surface area (Å²) in [5.74, 6) is -0.875. The molecule has 4 rings (SSSR count). The predicted molar refractivity (Wildman–Crippen MR) is 123 cm³/mol. The first-order valence-electron chi connectivity index (χ1n) is 9.94. The zero-order valence-electron chi connectivity index (χ0n) is 17.1. The average Bonchev–Trinajstić information content (AvgIpc) is 3.25. The Hall–Kier alpha value is -2.84. The molecule has 0 saturated carbocycles. The lowest BCUT2D eigenvalue weighted by Gasteiger charge is -2.22. The molecule has 7 nitrogen and oxygen atoms in total. The van der Waals surface area contributed by atoms with Crippen LogP contribution in [0.2, 0.25) is 5.02 Å². The minimum atomic E-state index is -1.02. The monoisotopic (exact) mass is 519 g/mol. The van der Waals surface area contributed by atoms with Crippen LogP contribution in [0.5, 0.6) is 5.75 Å². The highest BCUT2D eigenvalue weighted by Gasteiger charge is 2.34. The molecule has 1 aromatic heterocycles. The van der Waals surface area contributed by atoms with Crippen LogP contribution in [0.4, 0.5) is 0 Å². The van der Waals surface area contributed by atoms with Crippen molar-refractivity contribution in [3.8, 4) is 17.1 Å². The lowest BCUT2D eigenvalue weighted by molar-refractivity contribution is -0.148. The predicted octanol–water partition coefficient (Wildman–Crippen LogP) is 4.64. The maximum atomic E-state index is 12.6. The number of amides is 1. The van der Waals surface area contributed by atoms with Crippen molar-refractivity contribution in [1.29, 1.82) is 0 Å². The molecule has 0 spiro atoms. The summed E-state index contributed by atoms with van der Waals surface area (Å²) >= 11 is 9.68. The lowest BCUT2D eigenvalue weighted by Crippen LogP contribution is -2.42. The number of para-hydroxylation sites is 1. The smallest absolute Gasteiger partial charge is 0.326 e. The number of fused-ring (bicyclic) bond motifs is 1. The minimum absolute atomic E-state index is 0.248. The van der Waals surface area contributed by atoms with Crippen LogP contribution in [-0.4, -0.2) is 41.1 Å². The number of carbonyl (C=O) groups is 2. The summed E-state index contributed by atoms with van der Waals surface area (Å²) in [6.45, 7) is 1.91. The maximum Gasteiger partial charge on any atom is 0.326 e. The number of hydrogen-bond acceptors (Lipinski definition) is 5. The molecular weight excluding hydrogens is 502 g/mol. The number of nitrogens with zero attached hydrogens (tertiary/aromatic N) is 1. The Morgan fingerprint density at radius 1 is 1.31 bits per heavy atom.